The first-order valence-corrected chi connectivity index (χ1v) is 4.22. The minimum absolute atomic E-state index is 0.280. The third kappa shape index (κ3) is 1.45. The molecule has 0 atom stereocenters. The van der Waals surface area contributed by atoms with Crippen molar-refractivity contribution in [3.63, 3.8) is 0 Å². The molecule has 0 radical (unpaired) electrons. The highest BCUT2D eigenvalue weighted by molar-refractivity contribution is 6.46. The summed E-state index contributed by atoms with van der Waals surface area (Å²) in [6.07, 6.45) is 0.650. The zero-order valence-electron chi connectivity index (χ0n) is 6.29. The van der Waals surface area contributed by atoms with Crippen LogP contribution in [-0.4, -0.2) is 11.0 Å². The molecule has 0 aliphatic carbocycles. The zero-order chi connectivity index (χ0) is 9.47. The summed E-state index contributed by atoms with van der Waals surface area (Å²) in [4.78, 5) is 10.6. The van der Waals surface area contributed by atoms with E-state index in [1.165, 1.54) is 0 Å². The summed E-state index contributed by atoms with van der Waals surface area (Å²) in [5.41, 5.74) is 0.362. The Balaban J connectivity index is 2.51. The van der Waals surface area contributed by atoms with Crippen molar-refractivity contribution in [1.82, 2.24) is 0 Å². The van der Waals surface area contributed by atoms with Gasteiger partial charge in [0.25, 0.3) is 0 Å². The van der Waals surface area contributed by atoms with Crippen molar-refractivity contribution in [2.45, 2.75) is 4.71 Å². The van der Waals surface area contributed by atoms with Crippen LogP contribution in [0.2, 0.25) is 0 Å². The monoisotopic (exact) mass is 218 g/mol. The number of fused-ring (bicyclic) bond motifs is 1. The Labute approximate surface area is 84.2 Å². The second-order valence-electron chi connectivity index (χ2n) is 2.46. The van der Waals surface area contributed by atoms with Gasteiger partial charge in [0, 0.05) is 0 Å². The van der Waals surface area contributed by atoms with E-state index in [1.807, 2.05) is 0 Å². The third-order valence-corrected chi connectivity index (χ3v) is 1.89. The fourth-order valence-electron chi connectivity index (χ4n) is 1.08. The van der Waals surface area contributed by atoms with Crippen LogP contribution in [0.4, 0.5) is 0 Å². The van der Waals surface area contributed by atoms with Crippen LogP contribution >= 0.6 is 23.2 Å². The van der Waals surface area contributed by atoms with Crippen molar-refractivity contribution in [3.05, 3.63) is 23.8 Å². The summed E-state index contributed by atoms with van der Waals surface area (Å²) in [6.45, 7) is 0. The normalized spacial score (nSPS) is 17.1. The first-order valence-electron chi connectivity index (χ1n) is 3.46. The van der Waals surface area contributed by atoms with Crippen LogP contribution in [0.15, 0.2) is 18.2 Å². The molecule has 0 spiro atoms. The first kappa shape index (κ1) is 8.66. The fraction of sp³-hybridized carbons (Fsp3) is 0.125. The summed E-state index contributed by atoms with van der Waals surface area (Å²) in [7, 11) is 0. The number of aldehydes is 1. The van der Waals surface area contributed by atoms with Crippen LogP contribution in [0.3, 0.4) is 0 Å². The van der Waals surface area contributed by atoms with Gasteiger partial charge in [-0.25, -0.2) is 0 Å². The van der Waals surface area contributed by atoms with Crippen molar-refractivity contribution >= 4 is 29.5 Å². The highest BCUT2D eigenvalue weighted by Gasteiger charge is 2.38. The molecule has 1 aromatic carbocycles. The highest BCUT2D eigenvalue weighted by atomic mass is 35.5. The minimum Gasteiger partial charge on any atom is -0.423 e. The predicted molar refractivity (Wildman–Crippen MR) is 47.5 cm³/mol. The second kappa shape index (κ2) is 2.79. The van der Waals surface area contributed by atoms with Gasteiger partial charge in [0.1, 0.15) is 0 Å². The number of ether oxygens (including phenoxy) is 2. The van der Waals surface area contributed by atoms with E-state index in [1.54, 1.807) is 18.2 Å². The number of halogens is 2. The Kier molecular flexibility index (Phi) is 1.86. The average Bonchev–Trinajstić information content (AvgIpc) is 2.37. The summed E-state index contributed by atoms with van der Waals surface area (Å²) in [5, 5.41) is 0. The van der Waals surface area contributed by atoms with Crippen LogP contribution in [0, 0.1) is 0 Å². The summed E-state index contributed by atoms with van der Waals surface area (Å²) < 4.78 is 8.26. The van der Waals surface area contributed by atoms with Crippen LogP contribution in [0.25, 0.3) is 0 Å². The molecule has 0 bridgehead atoms. The summed E-state index contributed by atoms with van der Waals surface area (Å²) in [5.74, 6) is 0.650. The SMILES string of the molecule is O=Cc1cccc2c1OC(Cl)(Cl)O2. The smallest absolute Gasteiger partial charge is 0.419 e. The van der Waals surface area contributed by atoms with Gasteiger partial charge < -0.3 is 9.47 Å². The van der Waals surface area contributed by atoms with Gasteiger partial charge in [-0.2, -0.15) is 0 Å². The number of rotatable bonds is 1. The second-order valence-corrected chi connectivity index (χ2v) is 3.65. The van der Waals surface area contributed by atoms with Gasteiger partial charge in [-0.15, -0.1) is 0 Å². The molecule has 0 unspecified atom stereocenters. The Bertz CT molecular complexity index is 362. The zero-order valence-corrected chi connectivity index (χ0v) is 7.80. The Morgan fingerprint density at radius 1 is 1.31 bits per heavy atom. The van der Waals surface area contributed by atoms with Crippen LogP contribution in [0.1, 0.15) is 10.4 Å². The van der Waals surface area contributed by atoms with Crippen molar-refractivity contribution < 1.29 is 14.3 Å². The lowest BCUT2D eigenvalue weighted by molar-refractivity contribution is 0.0841. The largest absolute Gasteiger partial charge is 0.423 e. The number of carbonyl (C=O) groups excluding carboxylic acids is 1. The number of hydrogen-bond donors (Lipinski definition) is 0. The molecule has 5 heteroatoms. The van der Waals surface area contributed by atoms with E-state index in [0.29, 0.717) is 17.6 Å². The summed E-state index contributed by atoms with van der Waals surface area (Å²) >= 11 is 11.1. The van der Waals surface area contributed by atoms with Gasteiger partial charge in [-0.05, 0) is 35.3 Å². The molecule has 0 fully saturated rings. The maximum Gasteiger partial charge on any atom is 0.419 e. The number of carbonyl (C=O) groups is 1. The fourth-order valence-corrected chi connectivity index (χ4v) is 1.40. The van der Waals surface area contributed by atoms with E-state index in [-0.39, 0.29) is 5.75 Å². The van der Waals surface area contributed by atoms with E-state index in [0.717, 1.165) is 0 Å². The first-order chi connectivity index (χ1) is 6.12. The van der Waals surface area contributed by atoms with Crippen molar-refractivity contribution in [2.75, 3.05) is 0 Å². The molecule has 0 aromatic heterocycles. The van der Waals surface area contributed by atoms with E-state index in [2.05, 4.69) is 0 Å². The lowest BCUT2D eigenvalue weighted by atomic mass is 10.2. The molecule has 0 N–H and O–H groups in total. The number of alkyl halides is 2. The van der Waals surface area contributed by atoms with Crippen molar-refractivity contribution in [1.29, 1.82) is 0 Å². The molecule has 3 nitrogen and oxygen atoms in total. The van der Waals surface area contributed by atoms with E-state index in [9.17, 15) is 4.79 Å². The van der Waals surface area contributed by atoms with Gasteiger partial charge in [0.2, 0.25) is 0 Å². The predicted octanol–water partition coefficient (Wildman–Crippen LogP) is 2.36. The lowest BCUT2D eigenvalue weighted by Gasteiger charge is -2.09. The molecule has 0 amide bonds. The number of benzene rings is 1. The van der Waals surface area contributed by atoms with E-state index in [4.69, 9.17) is 32.7 Å². The van der Waals surface area contributed by atoms with Crippen molar-refractivity contribution in [3.8, 4) is 11.5 Å². The highest BCUT2D eigenvalue weighted by Crippen LogP contribution is 2.44. The molecule has 68 valence electrons. The number of para-hydroxylation sites is 1. The van der Waals surface area contributed by atoms with Gasteiger partial charge in [0.05, 0.1) is 5.56 Å². The molecule has 1 aromatic rings. The van der Waals surface area contributed by atoms with Gasteiger partial charge in [-0.3, -0.25) is 4.79 Å². The van der Waals surface area contributed by atoms with Crippen LogP contribution in [0.5, 0.6) is 11.5 Å². The standard InChI is InChI=1S/C8H4Cl2O3/c9-8(10)12-6-3-1-2-5(4-11)7(6)13-8/h1-4H. The molecular formula is C8H4Cl2O3. The molecule has 1 aliphatic heterocycles. The molecule has 1 aliphatic rings. The average molecular weight is 219 g/mol. The molecule has 0 saturated carbocycles. The molecule has 2 rings (SSSR count). The maximum absolute atomic E-state index is 10.6. The van der Waals surface area contributed by atoms with Crippen LogP contribution in [-0.2, 0) is 0 Å². The Hall–Kier alpha value is -0.930. The van der Waals surface area contributed by atoms with Gasteiger partial charge >= 0.3 is 4.71 Å². The molecular weight excluding hydrogens is 215 g/mol. The van der Waals surface area contributed by atoms with Gasteiger partial charge in [-0.1, -0.05) is 6.07 Å². The summed E-state index contributed by atoms with van der Waals surface area (Å²) in [6, 6.07) is 4.86. The molecule has 1 heterocycles. The minimum atomic E-state index is -1.72. The molecule has 13 heavy (non-hydrogen) atoms. The van der Waals surface area contributed by atoms with Crippen LogP contribution < -0.4 is 9.47 Å². The van der Waals surface area contributed by atoms with E-state index >= 15 is 0 Å². The lowest BCUT2D eigenvalue weighted by Crippen LogP contribution is -2.23. The maximum atomic E-state index is 10.6. The third-order valence-electron chi connectivity index (χ3n) is 1.59. The number of hydrogen-bond acceptors (Lipinski definition) is 3. The Morgan fingerprint density at radius 3 is 2.77 bits per heavy atom. The quantitative estimate of drug-likeness (QED) is 0.537. The molecule has 0 saturated heterocycles. The topological polar surface area (TPSA) is 35.5 Å². The van der Waals surface area contributed by atoms with E-state index < -0.39 is 4.71 Å². The van der Waals surface area contributed by atoms with Crippen molar-refractivity contribution in [2.24, 2.45) is 0 Å². The van der Waals surface area contributed by atoms with Gasteiger partial charge in [0.15, 0.2) is 17.8 Å². The Morgan fingerprint density at radius 2 is 2.08 bits per heavy atom.